The van der Waals surface area contributed by atoms with Crippen molar-refractivity contribution >= 4 is 29.5 Å². The van der Waals surface area contributed by atoms with Gasteiger partial charge in [-0.3, -0.25) is 10.1 Å². The molecule has 18 heavy (non-hydrogen) atoms. The van der Waals surface area contributed by atoms with Crippen LogP contribution in [0.3, 0.4) is 0 Å². The Morgan fingerprint density at radius 1 is 1.78 bits per heavy atom. The maximum atomic E-state index is 10.3. The van der Waals surface area contributed by atoms with Gasteiger partial charge in [-0.05, 0) is 6.26 Å². The molecule has 1 heterocycles. The second-order valence-corrected chi connectivity index (χ2v) is 5.19. The molecule has 0 saturated carbocycles. The van der Waals surface area contributed by atoms with Gasteiger partial charge in [-0.25, -0.2) is 4.98 Å². The molecule has 0 fully saturated rings. The highest BCUT2D eigenvalue weighted by molar-refractivity contribution is 8.02. The fourth-order valence-corrected chi connectivity index (χ4v) is 2.33. The zero-order valence-corrected chi connectivity index (χ0v) is 11.5. The van der Waals surface area contributed by atoms with Crippen molar-refractivity contribution in [3.8, 4) is 0 Å². The molecule has 100 valence electrons. The Hall–Kier alpha value is -1.35. The van der Waals surface area contributed by atoms with E-state index in [1.54, 1.807) is 24.2 Å². The van der Waals surface area contributed by atoms with Crippen LogP contribution in [0.4, 0.5) is 5.95 Å². The van der Waals surface area contributed by atoms with Crippen molar-refractivity contribution in [2.24, 2.45) is 0 Å². The van der Waals surface area contributed by atoms with Crippen molar-refractivity contribution in [2.45, 2.75) is 5.75 Å². The molecule has 7 nitrogen and oxygen atoms in total. The molecule has 0 aliphatic carbocycles. The van der Waals surface area contributed by atoms with E-state index >= 15 is 0 Å². The first-order chi connectivity index (χ1) is 8.61. The Labute approximate surface area is 113 Å². The highest BCUT2D eigenvalue weighted by Gasteiger charge is 2.01. The van der Waals surface area contributed by atoms with E-state index in [9.17, 15) is 10.1 Å². The zero-order valence-electron chi connectivity index (χ0n) is 9.88. The Bertz CT molecular complexity index is 421. The SMILES string of the molecule is CSC(=C[N+](=O)[O-])NCCSCc1c[nH]c(N)n1. The molecule has 0 atom stereocenters. The van der Waals surface area contributed by atoms with Gasteiger partial charge < -0.3 is 16.0 Å². The number of nitro groups is 1. The molecular weight excluding hydrogens is 274 g/mol. The molecule has 0 aliphatic rings. The monoisotopic (exact) mass is 289 g/mol. The van der Waals surface area contributed by atoms with Crippen molar-refractivity contribution in [3.05, 3.63) is 33.2 Å². The summed E-state index contributed by atoms with van der Waals surface area (Å²) < 4.78 is 0. The number of aromatic amines is 1. The first-order valence-corrected chi connectivity index (χ1v) is 7.50. The van der Waals surface area contributed by atoms with Crippen LogP contribution in [-0.2, 0) is 5.75 Å². The average molecular weight is 289 g/mol. The van der Waals surface area contributed by atoms with E-state index in [1.807, 2.05) is 0 Å². The van der Waals surface area contributed by atoms with Crippen molar-refractivity contribution in [3.63, 3.8) is 0 Å². The Morgan fingerprint density at radius 3 is 3.11 bits per heavy atom. The Balaban J connectivity index is 2.16. The van der Waals surface area contributed by atoms with Crippen molar-refractivity contribution < 1.29 is 4.92 Å². The van der Waals surface area contributed by atoms with Gasteiger partial charge in [0.2, 0.25) is 0 Å². The van der Waals surface area contributed by atoms with Crippen LogP contribution in [0.25, 0.3) is 0 Å². The fraction of sp³-hybridized carbons (Fsp3) is 0.444. The predicted octanol–water partition coefficient (Wildman–Crippen LogP) is 1.25. The fourth-order valence-electron chi connectivity index (χ4n) is 1.14. The third kappa shape index (κ3) is 5.82. The number of nitrogens with one attached hydrogen (secondary N) is 2. The highest BCUT2D eigenvalue weighted by Crippen LogP contribution is 2.11. The van der Waals surface area contributed by atoms with Gasteiger partial charge in [0.15, 0.2) is 5.95 Å². The van der Waals surface area contributed by atoms with Gasteiger partial charge >= 0.3 is 0 Å². The predicted molar refractivity (Wildman–Crippen MR) is 75.8 cm³/mol. The molecular formula is C9H15N5O2S2. The highest BCUT2D eigenvalue weighted by atomic mass is 32.2. The average Bonchev–Trinajstić information content (AvgIpc) is 2.72. The number of hydrogen-bond acceptors (Lipinski definition) is 7. The lowest BCUT2D eigenvalue weighted by atomic mass is 10.6. The molecule has 0 amide bonds. The number of thioether (sulfide) groups is 2. The van der Waals surface area contributed by atoms with Crippen LogP contribution in [-0.4, -0.2) is 33.4 Å². The lowest BCUT2D eigenvalue weighted by molar-refractivity contribution is -0.403. The maximum Gasteiger partial charge on any atom is 0.263 e. The summed E-state index contributed by atoms with van der Waals surface area (Å²) in [4.78, 5) is 16.7. The van der Waals surface area contributed by atoms with Crippen molar-refractivity contribution in [1.29, 1.82) is 0 Å². The van der Waals surface area contributed by atoms with Crippen LogP contribution < -0.4 is 11.1 Å². The topological polar surface area (TPSA) is 110 Å². The summed E-state index contributed by atoms with van der Waals surface area (Å²) in [5.74, 6) is 2.02. The Kier molecular flexibility index (Phi) is 6.44. The molecule has 0 bridgehead atoms. The van der Waals surface area contributed by atoms with Crippen LogP contribution in [0.5, 0.6) is 0 Å². The van der Waals surface area contributed by atoms with E-state index in [0.29, 0.717) is 17.5 Å². The summed E-state index contributed by atoms with van der Waals surface area (Å²) in [5, 5.41) is 13.9. The van der Waals surface area contributed by atoms with E-state index in [1.165, 1.54) is 11.8 Å². The molecule has 1 rings (SSSR count). The first-order valence-electron chi connectivity index (χ1n) is 5.12. The summed E-state index contributed by atoms with van der Waals surface area (Å²) in [6, 6.07) is 0. The van der Waals surface area contributed by atoms with E-state index in [-0.39, 0.29) is 0 Å². The number of aromatic nitrogens is 2. The summed E-state index contributed by atoms with van der Waals surface area (Å²) in [6.07, 6.45) is 4.54. The molecule has 4 N–H and O–H groups in total. The molecule has 0 unspecified atom stereocenters. The lowest BCUT2D eigenvalue weighted by Gasteiger charge is -2.05. The molecule has 0 aliphatic heterocycles. The van der Waals surface area contributed by atoms with Gasteiger partial charge in [-0.15, -0.1) is 11.8 Å². The Morgan fingerprint density at radius 2 is 2.56 bits per heavy atom. The smallest absolute Gasteiger partial charge is 0.263 e. The van der Waals surface area contributed by atoms with Crippen LogP contribution in [0.15, 0.2) is 17.4 Å². The second kappa shape index (κ2) is 7.88. The van der Waals surface area contributed by atoms with Gasteiger partial charge in [0.1, 0.15) is 5.03 Å². The molecule has 0 radical (unpaired) electrons. The van der Waals surface area contributed by atoms with Gasteiger partial charge in [0, 0.05) is 24.2 Å². The largest absolute Gasteiger partial charge is 0.374 e. The number of rotatable bonds is 8. The normalized spacial score (nSPS) is 11.5. The van der Waals surface area contributed by atoms with Crippen molar-refractivity contribution in [1.82, 2.24) is 15.3 Å². The maximum absolute atomic E-state index is 10.3. The molecule has 0 aromatic carbocycles. The zero-order chi connectivity index (χ0) is 13.4. The van der Waals surface area contributed by atoms with E-state index < -0.39 is 4.92 Å². The third-order valence-electron chi connectivity index (χ3n) is 1.89. The van der Waals surface area contributed by atoms with Gasteiger partial charge in [-0.2, -0.15) is 11.8 Å². The van der Waals surface area contributed by atoms with E-state index in [0.717, 1.165) is 23.4 Å². The van der Waals surface area contributed by atoms with Crippen LogP contribution in [0.1, 0.15) is 5.69 Å². The summed E-state index contributed by atoms with van der Waals surface area (Å²) in [5.41, 5.74) is 6.36. The van der Waals surface area contributed by atoms with Crippen LogP contribution in [0.2, 0.25) is 0 Å². The van der Waals surface area contributed by atoms with E-state index in [2.05, 4.69) is 15.3 Å². The number of nitrogen functional groups attached to an aromatic ring is 1. The third-order valence-corrected chi connectivity index (χ3v) is 3.57. The number of nitrogens with zero attached hydrogens (tertiary/aromatic N) is 2. The number of nitrogens with two attached hydrogens (primary N) is 1. The summed E-state index contributed by atoms with van der Waals surface area (Å²) in [7, 11) is 0. The number of anilines is 1. The molecule has 0 spiro atoms. The van der Waals surface area contributed by atoms with Crippen LogP contribution in [0, 0.1) is 10.1 Å². The summed E-state index contributed by atoms with van der Waals surface area (Å²) >= 11 is 3.01. The van der Waals surface area contributed by atoms with Crippen LogP contribution >= 0.6 is 23.5 Å². The number of H-pyrrole nitrogens is 1. The van der Waals surface area contributed by atoms with Gasteiger partial charge in [0.05, 0.1) is 10.6 Å². The van der Waals surface area contributed by atoms with E-state index in [4.69, 9.17) is 5.73 Å². The first kappa shape index (κ1) is 14.7. The van der Waals surface area contributed by atoms with Crippen molar-refractivity contribution in [2.75, 3.05) is 24.3 Å². The molecule has 1 aromatic rings. The van der Waals surface area contributed by atoms with Gasteiger partial charge in [0.25, 0.3) is 6.20 Å². The minimum Gasteiger partial charge on any atom is -0.374 e. The molecule has 0 saturated heterocycles. The number of imidazole rings is 1. The molecule has 9 heteroatoms. The minimum atomic E-state index is -0.460. The lowest BCUT2D eigenvalue weighted by Crippen LogP contribution is -2.15. The van der Waals surface area contributed by atoms with Gasteiger partial charge in [-0.1, -0.05) is 0 Å². The summed E-state index contributed by atoms with van der Waals surface area (Å²) in [6.45, 7) is 0.672. The quantitative estimate of drug-likeness (QED) is 0.375. The standard InChI is InChI=1S/C9H15N5O2S2/c1-17-8(5-14(15)16)11-2-3-18-6-7-4-12-9(10)13-7/h4-5,11H,2-3,6H2,1H3,(H3,10,12,13). The number of hydrogen-bond donors (Lipinski definition) is 3. The second-order valence-electron chi connectivity index (χ2n) is 3.24. The molecule has 1 aromatic heterocycles. The minimum absolute atomic E-state index is 0.419.